The molecule has 1 rings (SSSR count). The van der Waals surface area contributed by atoms with Crippen LogP contribution in [0.2, 0.25) is 0 Å². The maximum Gasteiger partial charge on any atom is 0.230 e. The van der Waals surface area contributed by atoms with Crippen LogP contribution in [0.3, 0.4) is 0 Å². The van der Waals surface area contributed by atoms with E-state index in [-0.39, 0.29) is 11.4 Å². The fourth-order valence-corrected chi connectivity index (χ4v) is 3.47. The second-order valence-electron chi connectivity index (χ2n) is 4.75. The van der Waals surface area contributed by atoms with E-state index >= 15 is 0 Å². The van der Waals surface area contributed by atoms with Crippen molar-refractivity contribution in [3.05, 3.63) is 0 Å². The minimum absolute atomic E-state index is 0.111. The fourth-order valence-electron chi connectivity index (χ4n) is 2.29. The highest BCUT2D eigenvalue weighted by molar-refractivity contribution is 8.00. The molecule has 5 heteroatoms. The summed E-state index contributed by atoms with van der Waals surface area (Å²) in [6, 6.07) is 2.41. The van der Waals surface area contributed by atoms with E-state index in [0.29, 0.717) is 11.0 Å². The van der Waals surface area contributed by atoms with Gasteiger partial charge in [-0.05, 0) is 32.2 Å². The van der Waals surface area contributed by atoms with Crippen molar-refractivity contribution in [1.82, 2.24) is 10.6 Å². The maximum absolute atomic E-state index is 11.5. The molecule has 2 atom stereocenters. The molecular weight excluding hydrogens is 246 g/mol. The largest absolute Gasteiger partial charge is 0.355 e. The maximum atomic E-state index is 11.5. The second kappa shape index (κ2) is 7.65. The molecule has 2 N–H and O–H groups in total. The van der Waals surface area contributed by atoms with Gasteiger partial charge >= 0.3 is 0 Å². The Labute approximate surface area is 114 Å². The van der Waals surface area contributed by atoms with E-state index in [1.54, 1.807) is 11.8 Å². The Hall–Kier alpha value is -0.730. The summed E-state index contributed by atoms with van der Waals surface area (Å²) in [5, 5.41) is 15.8. The van der Waals surface area contributed by atoms with Crippen LogP contribution in [0.25, 0.3) is 0 Å². The number of nitrogens with one attached hydrogen (secondary N) is 2. The van der Waals surface area contributed by atoms with E-state index in [4.69, 9.17) is 0 Å². The molecule has 18 heavy (non-hydrogen) atoms. The number of rotatable bonds is 7. The van der Waals surface area contributed by atoms with Gasteiger partial charge in [0.05, 0.1) is 11.8 Å². The minimum Gasteiger partial charge on any atom is -0.355 e. The third-order valence-electron chi connectivity index (χ3n) is 3.22. The molecular formula is C13H23N3OS. The molecule has 0 radical (unpaired) electrons. The summed E-state index contributed by atoms with van der Waals surface area (Å²) in [4.78, 5) is 11.5. The van der Waals surface area contributed by atoms with Gasteiger partial charge in [-0.1, -0.05) is 13.8 Å². The predicted octanol–water partition coefficient (Wildman–Crippen LogP) is 1.67. The van der Waals surface area contributed by atoms with Crippen LogP contribution >= 0.6 is 11.8 Å². The van der Waals surface area contributed by atoms with Gasteiger partial charge < -0.3 is 5.32 Å². The van der Waals surface area contributed by atoms with Crippen molar-refractivity contribution in [2.75, 3.05) is 18.8 Å². The molecule has 1 saturated carbocycles. The zero-order valence-corrected chi connectivity index (χ0v) is 12.1. The van der Waals surface area contributed by atoms with Crippen molar-refractivity contribution in [3.63, 3.8) is 0 Å². The number of thioether (sulfide) groups is 1. The van der Waals surface area contributed by atoms with Gasteiger partial charge in [-0.2, -0.15) is 5.26 Å². The number of hydrogen-bond acceptors (Lipinski definition) is 4. The van der Waals surface area contributed by atoms with Gasteiger partial charge in [0.25, 0.3) is 0 Å². The van der Waals surface area contributed by atoms with Gasteiger partial charge in [-0.25, -0.2) is 0 Å². The quantitative estimate of drug-likeness (QED) is 0.738. The minimum atomic E-state index is -0.355. The average Bonchev–Trinajstić information content (AvgIpc) is 2.78. The summed E-state index contributed by atoms with van der Waals surface area (Å²) in [5.41, 5.74) is -0.355. The molecule has 2 unspecified atom stereocenters. The Bertz CT molecular complexity index is 316. The van der Waals surface area contributed by atoms with Crippen molar-refractivity contribution >= 4 is 17.7 Å². The summed E-state index contributed by atoms with van der Waals surface area (Å²) in [6.07, 6.45) is 3.73. The molecule has 0 heterocycles. The first-order valence-corrected chi connectivity index (χ1v) is 7.75. The van der Waals surface area contributed by atoms with Crippen LogP contribution in [0.4, 0.5) is 0 Å². The fraction of sp³-hybridized carbons (Fsp3) is 0.846. The first-order valence-electron chi connectivity index (χ1n) is 6.70. The highest BCUT2D eigenvalue weighted by Gasteiger charge is 2.38. The van der Waals surface area contributed by atoms with E-state index < -0.39 is 0 Å². The summed E-state index contributed by atoms with van der Waals surface area (Å²) in [7, 11) is 0. The second-order valence-corrected chi connectivity index (χ2v) is 6.04. The first-order chi connectivity index (χ1) is 8.65. The monoisotopic (exact) mass is 269 g/mol. The van der Waals surface area contributed by atoms with Crippen LogP contribution in [-0.4, -0.2) is 35.5 Å². The highest BCUT2D eigenvalue weighted by atomic mass is 32.2. The van der Waals surface area contributed by atoms with E-state index in [9.17, 15) is 10.1 Å². The lowest BCUT2D eigenvalue weighted by molar-refractivity contribution is -0.118. The van der Waals surface area contributed by atoms with Crippen LogP contribution in [0.1, 0.15) is 39.5 Å². The lowest BCUT2D eigenvalue weighted by Gasteiger charge is -2.21. The molecule has 0 aromatic rings. The van der Waals surface area contributed by atoms with Crippen LogP contribution < -0.4 is 10.6 Å². The van der Waals surface area contributed by atoms with E-state index in [1.165, 1.54) is 0 Å². The third kappa shape index (κ3) is 4.51. The van der Waals surface area contributed by atoms with Gasteiger partial charge in [0.1, 0.15) is 5.54 Å². The van der Waals surface area contributed by atoms with Crippen LogP contribution in [0, 0.1) is 11.3 Å². The zero-order valence-electron chi connectivity index (χ0n) is 11.3. The zero-order chi connectivity index (χ0) is 13.4. The molecule has 1 aliphatic carbocycles. The highest BCUT2D eigenvalue weighted by Crippen LogP contribution is 2.36. The number of hydrogen-bond donors (Lipinski definition) is 2. The van der Waals surface area contributed by atoms with Gasteiger partial charge in [0.15, 0.2) is 0 Å². The molecule has 102 valence electrons. The third-order valence-corrected chi connectivity index (χ3v) is 4.52. The summed E-state index contributed by atoms with van der Waals surface area (Å²) in [6.45, 7) is 5.64. The van der Waals surface area contributed by atoms with Crippen LogP contribution in [-0.2, 0) is 4.79 Å². The van der Waals surface area contributed by atoms with Gasteiger partial charge in [-0.3, -0.25) is 10.1 Å². The lowest BCUT2D eigenvalue weighted by atomic mass is 10.0. The lowest BCUT2D eigenvalue weighted by Crippen LogP contribution is -2.41. The molecule has 1 amide bonds. The van der Waals surface area contributed by atoms with Crippen molar-refractivity contribution in [2.24, 2.45) is 0 Å². The molecule has 1 aliphatic rings. The number of nitrogens with zero attached hydrogens (tertiary/aromatic N) is 1. The van der Waals surface area contributed by atoms with Crippen molar-refractivity contribution in [1.29, 1.82) is 5.26 Å². The predicted molar refractivity (Wildman–Crippen MR) is 75.4 cm³/mol. The SMILES string of the molecule is CCCNC(=O)CSC1CCC(C#N)(NCC)C1. The number of nitriles is 1. The van der Waals surface area contributed by atoms with E-state index in [1.807, 2.05) is 13.8 Å². The molecule has 0 bridgehead atoms. The number of carbonyl (C=O) groups excluding carboxylic acids is 1. The molecule has 1 fully saturated rings. The Morgan fingerprint density at radius 1 is 1.56 bits per heavy atom. The Morgan fingerprint density at radius 2 is 2.33 bits per heavy atom. The topological polar surface area (TPSA) is 64.9 Å². The van der Waals surface area contributed by atoms with Crippen molar-refractivity contribution in [3.8, 4) is 6.07 Å². The smallest absolute Gasteiger partial charge is 0.230 e. The molecule has 0 spiro atoms. The average molecular weight is 269 g/mol. The summed E-state index contributed by atoms with van der Waals surface area (Å²) >= 11 is 1.68. The summed E-state index contributed by atoms with van der Waals surface area (Å²) < 4.78 is 0. The standard InChI is InChI=1S/C13H23N3OS/c1-3-7-15-12(17)9-18-11-5-6-13(8-11,10-14)16-4-2/h11,16H,3-9H2,1-2H3,(H,15,17). The number of carbonyl (C=O) groups is 1. The molecule has 0 aromatic carbocycles. The molecule has 0 aromatic heterocycles. The normalized spacial score (nSPS) is 26.8. The Balaban J connectivity index is 2.30. The van der Waals surface area contributed by atoms with Crippen LogP contribution in [0.5, 0.6) is 0 Å². The number of amides is 1. The molecule has 4 nitrogen and oxygen atoms in total. The van der Waals surface area contributed by atoms with Gasteiger partial charge in [0.2, 0.25) is 5.91 Å². The van der Waals surface area contributed by atoms with E-state index in [2.05, 4.69) is 16.7 Å². The van der Waals surface area contributed by atoms with Crippen molar-refractivity contribution < 1.29 is 4.79 Å². The Morgan fingerprint density at radius 3 is 2.94 bits per heavy atom. The summed E-state index contributed by atoms with van der Waals surface area (Å²) in [5.74, 6) is 0.623. The molecule has 0 saturated heterocycles. The van der Waals surface area contributed by atoms with Gasteiger partial charge in [-0.15, -0.1) is 11.8 Å². The van der Waals surface area contributed by atoms with Gasteiger partial charge in [0, 0.05) is 11.8 Å². The van der Waals surface area contributed by atoms with E-state index in [0.717, 1.165) is 38.8 Å². The van der Waals surface area contributed by atoms with Crippen molar-refractivity contribution in [2.45, 2.75) is 50.3 Å². The first kappa shape index (κ1) is 15.3. The Kier molecular flexibility index (Phi) is 6.51. The van der Waals surface area contributed by atoms with Crippen LogP contribution in [0.15, 0.2) is 0 Å². The molecule has 0 aliphatic heterocycles.